The van der Waals surface area contributed by atoms with E-state index in [9.17, 15) is 4.79 Å². The van der Waals surface area contributed by atoms with Crippen LogP contribution >= 0.6 is 11.3 Å². The Morgan fingerprint density at radius 2 is 2.27 bits per heavy atom. The number of fused-ring (bicyclic) bond motifs is 1. The van der Waals surface area contributed by atoms with Crippen LogP contribution in [0.25, 0.3) is 10.2 Å². The number of amides is 1. The molecule has 1 aliphatic heterocycles. The van der Waals surface area contributed by atoms with Gasteiger partial charge < -0.3 is 10.2 Å². The van der Waals surface area contributed by atoms with Gasteiger partial charge in [-0.3, -0.25) is 4.79 Å². The van der Waals surface area contributed by atoms with Gasteiger partial charge in [0.05, 0.1) is 16.1 Å². The minimum Gasteiger partial charge on any atom is -0.310 e. The second kappa shape index (κ2) is 5.25. The van der Waals surface area contributed by atoms with Crippen molar-refractivity contribution in [2.24, 2.45) is 5.92 Å². The van der Waals surface area contributed by atoms with E-state index < -0.39 is 0 Å². The molecule has 1 aromatic heterocycles. The summed E-state index contributed by atoms with van der Waals surface area (Å²) in [6.07, 6.45) is 5.39. The molecule has 4 rings (SSSR count). The number of rotatable bonds is 3. The fourth-order valence-electron chi connectivity index (χ4n) is 2.94. The molecule has 6 heteroatoms. The third kappa shape index (κ3) is 2.53. The summed E-state index contributed by atoms with van der Waals surface area (Å²) < 4.78 is 1.13. The van der Waals surface area contributed by atoms with E-state index in [1.165, 1.54) is 29.7 Å². The number of hydrogen-bond acceptors (Lipinski definition) is 5. The third-order valence-electron chi connectivity index (χ3n) is 4.39. The first-order valence-electron chi connectivity index (χ1n) is 7.59. The Hall–Kier alpha value is -2.13. The van der Waals surface area contributed by atoms with Gasteiger partial charge in [-0.2, -0.15) is 5.26 Å². The van der Waals surface area contributed by atoms with Gasteiger partial charge >= 0.3 is 0 Å². The van der Waals surface area contributed by atoms with Gasteiger partial charge in [-0.05, 0) is 42.9 Å². The molecule has 2 fully saturated rings. The van der Waals surface area contributed by atoms with E-state index in [1.807, 2.05) is 6.07 Å². The summed E-state index contributed by atoms with van der Waals surface area (Å²) in [7, 11) is 0. The van der Waals surface area contributed by atoms with Gasteiger partial charge in [0.15, 0.2) is 11.3 Å². The van der Waals surface area contributed by atoms with Gasteiger partial charge in [0, 0.05) is 13.1 Å². The standard InChI is InChI=1S/C16H16N4OS/c17-9-20-6-5-12(8-20)15(21)19-16-18-13-4-3-11(10-1-2-10)7-14(13)22-16/h3-4,7,10,12H,1-2,5-6,8H2,(H,18,19,21). The number of nitrogens with one attached hydrogen (secondary N) is 1. The van der Waals surface area contributed by atoms with Crippen molar-refractivity contribution in [1.29, 1.82) is 5.26 Å². The van der Waals surface area contributed by atoms with Crippen molar-refractivity contribution >= 4 is 32.6 Å². The molecule has 1 amide bonds. The van der Waals surface area contributed by atoms with Crippen molar-refractivity contribution in [3.8, 4) is 6.19 Å². The van der Waals surface area contributed by atoms with Crippen LogP contribution in [0.3, 0.4) is 0 Å². The van der Waals surface area contributed by atoms with E-state index in [-0.39, 0.29) is 11.8 Å². The quantitative estimate of drug-likeness (QED) is 0.885. The lowest BCUT2D eigenvalue weighted by atomic mass is 10.1. The molecule has 1 N–H and O–H groups in total. The van der Waals surface area contributed by atoms with Gasteiger partial charge in [-0.1, -0.05) is 17.4 Å². The maximum absolute atomic E-state index is 12.3. The number of anilines is 1. The fourth-order valence-corrected chi connectivity index (χ4v) is 3.86. The average molecular weight is 312 g/mol. The van der Waals surface area contributed by atoms with Crippen LogP contribution < -0.4 is 5.32 Å². The molecule has 5 nitrogen and oxygen atoms in total. The van der Waals surface area contributed by atoms with E-state index in [0.717, 1.165) is 22.6 Å². The maximum Gasteiger partial charge on any atom is 0.231 e. The van der Waals surface area contributed by atoms with Crippen LogP contribution in [0.4, 0.5) is 5.13 Å². The molecule has 1 atom stereocenters. The minimum absolute atomic E-state index is 0.0285. The number of carbonyl (C=O) groups excluding carboxylic acids is 1. The zero-order valence-corrected chi connectivity index (χ0v) is 12.9. The highest BCUT2D eigenvalue weighted by Gasteiger charge is 2.28. The fraction of sp³-hybridized carbons (Fsp3) is 0.438. The van der Waals surface area contributed by atoms with Crippen LogP contribution in [0.2, 0.25) is 0 Å². The van der Waals surface area contributed by atoms with Crippen LogP contribution in [-0.2, 0) is 4.79 Å². The molecule has 22 heavy (non-hydrogen) atoms. The van der Waals surface area contributed by atoms with E-state index >= 15 is 0 Å². The van der Waals surface area contributed by atoms with E-state index in [0.29, 0.717) is 18.2 Å². The summed E-state index contributed by atoms with van der Waals surface area (Å²) in [5, 5.41) is 12.4. The van der Waals surface area contributed by atoms with Gasteiger partial charge in [0.25, 0.3) is 0 Å². The molecule has 2 aliphatic rings. The summed E-state index contributed by atoms with van der Waals surface area (Å²) >= 11 is 1.53. The van der Waals surface area contributed by atoms with Crippen molar-refractivity contribution in [1.82, 2.24) is 9.88 Å². The molecule has 2 aromatic rings. The molecule has 0 bridgehead atoms. The van der Waals surface area contributed by atoms with Crippen LogP contribution in [0.1, 0.15) is 30.7 Å². The first-order chi connectivity index (χ1) is 10.7. The number of thiazole rings is 1. The van der Waals surface area contributed by atoms with Crippen molar-refractivity contribution in [2.75, 3.05) is 18.4 Å². The SMILES string of the molecule is N#CN1CCC(C(=O)Nc2nc3ccc(C4CC4)cc3s2)C1. The number of likely N-dealkylation sites (tertiary alicyclic amines) is 1. The number of hydrogen-bond donors (Lipinski definition) is 1. The van der Waals surface area contributed by atoms with Crippen molar-refractivity contribution in [2.45, 2.75) is 25.2 Å². The Bertz CT molecular complexity index is 774. The largest absolute Gasteiger partial charge is 0.310 e. The maximum atomic E-state index is 12.3. The molecule has 0 spiro atoms. The third-order valence-corrected chi connectivity index (χ3v) is 5.33. The molecule has 1 aliphatic carbocycles. The Kier molecular flexibility index (Phi) is 3.23. The molecule has 1 saturated heterocycles. The summed E-state index contributed by atoms with van der Waals surface area (Å²) in [6.45, 7) is 1.18. The smallest absolute Gasteiger partial charge is 0.231 e. The van der Waals surface area contributed by atoms with E-state index in [2.05, 4.69) is 28.6 Å². The number of nitriles is 1. The number of benzene rings is 1. The highest BCUT2D eigenvalue weighted by molar-refractivity contribution is 7.22. The second-order valence-electron chi connectivity index (χ2n) is 6.04. The number of carbonyl (C=O) groups is 1. The molecular formula is C16H16N4OS. The first kappa shape index (κ1) is 13.5. The van der Waals surface area contributed by atoms with Gasteiger partial charge in [0.1, 0.15) is 0 Å². The molecule has 112 valence electrons. The van der Waals surface area contributed by atoms with E-state index in [4.69, 9.17) is 5.26 Å². The van der Waals surface area contributed by atoms with E-state index in [1.54, 1.807) is 4.90 Å². The summed E-state index contributed by atoms with van der Waals surface area (Å²) in [6, 6.07) is 6.39. The highest BCUT2D eigenvalue weighted by atomic mass is 32.1. The zero-order valence-electron chi connectivity index (χ0n) is 12.1. The molecule has 2 heterocycles. The lowest BCUT2D eigenvalue weighted by Crippen LogP contribution is -2.25. The van der Waals surface area contributed by atoms with Crippen LogP contribution in [0.5, 0.6) is 0 Å². The lowest BCUT2D eigenvalue weighted by Gasteiger charge is -2.08. The Balaban J connectivity index is 1.49. The normalized spacial score (nSPS) is 21.0. The second-order valence-corrected chi connectivity index (χ2v) is 7.07. The summed E-state index contributed by atoms with van der Waals surface area (Å²) in [5.41, 5.74) is 2.32. The predicted molar refractivity (Wildman–Crippen MR) is 85.5 cm³/mol. The lowest BCUT2D eigenvalue weighted by molar-refractivity contribution is -0.119. The molecule has 1 unspecified atom stereocenters. The Morgan fingerprint density at radius 1 is 1.41 bits per heavy atom. The predicted octanol–water partition coefficient (Wildman–Crippen LogP) is 2.92. The molecule has 1 aromatic carbocycles. The van der Waals surface area contributed by atoms with Crippen molar-refractivity contribution < 1.29 is 4.79 Å². The molecular weight excluding hydrogens is 296 g/mol. The van der Waals surface area contributed by atoms with Gasteiger partial charge in [0.2, 0.25) is 5.91 Å². The number of nitrogens with zero attached hydrogens (tertiary/aromatic N) is 3. The molecule has 0 radical (unpaired) electrons. The summed E-state index contributed by atoms with van der Waals surface area (Å²) in [4.78, 5) is 18.4. The van der Waals surface area contributed by atoms with Crippen molar-refractivity contribution in [3.05, 3.63) is 23.8 Å². The minimum atomic E-state index is -0.117. The first-order valence-corrected chi connectivity index (χ1v) is 8.40. The van der Waals surface area contributed by atoms with Gasteiger partial charge in [-0.25, -0.2) is 4.98 Å². The van der Waals surface area contributed by atoms with Crippen LogP contribution in [0, 0.1) is 17.4 Å². The topological polar surface area (TPSA) is 69.0 Å². The van der Waals surface area contributed by atoms with Crippen LogP contribution in [0.15, 0.2) is 18.2 Å². The average Bonchev–Trinajstić information content (AvgIpc) is 3.12. The zero-order chi connectivity index (χ0) is 15.1. The van der Waals surface area contributed by atoms with Crippen molar-refractivity contribution in [3.63, 3.8) is 0 Å². The summed E-state index contributed by atoms with van der Waals surface area (Å²) in [5.74, 6) is 0.577. The highest BCUT2D eigenvalue weighted by Crippen LogP contribution is 2.41. The number of aromatic nitrogens is 1. The van der Waals surface area contributed by atoms with Gasteiger partial charge in [-0.15, -0.1) is 0 Å². The Morgan fingerprint density at radius 3 is 3.00 bits per heavy atom. The van der Waals surface area contributed by atoms with Crippen LogP contribution in [-0.4, -0.2) is 28.9 Å². The monoisotopic (exact) mass is 312 g/mol. The Labute approximate surface area is 132 Å². The molecule has 1 saturated carbocycles.